The van der Waals surface area contributed by atoms with Crippen molar-refractivity contribution in [2.24, 2.45) is 0 Å². The van der Waals surface area contributed by atoms with Crippen molar-refractivity contribution in [3.63, 3.8) is 0 Å². The molecule has 1 fully saturated rings. The van der Waals surface area contributed by atoms with Gasteiger partial charge in [0.05, 0.1) is 6.10 Å². The minimum Gasteiger partial charge on any atom is -0.408 e. The lowest BCUT2D eigenvalue weighted by Crippen LogP contribution is -2.64. The lowest BCUT2D eigenvalue weighted by atomic mass is 10.0. The van der Waals surface area contributed by atoms with Gasteiger partial charge in [0.2, 0.25) is 0 Å². The van der Waals surface area contributed by atoms with Crippen LogP contribution in [-0.2, 0) is 13.6 Å². The Hall–Kier alpha value is 0.234. The summed E-state index contributed by atoms with van der Waals surface area (Å²) < 4.78 is 18.5. The Morgan fingerprint density at radius 2 is 1.12 bits per heavy atom. The van der Waals surface area contributed by atoms with Crippen LogP contribution in [0.2, 0.25) is 36.3 Å². The van der Waals surface area contributed by atoms with E-state index in [0.29, 0.717) is 0 Å². The van der Waals surface area contributed by atoms with Gasteiger partial charge in [-0.05, 0) is 43.2 Å². The van der Waals surface area contributed by atoms with Crippen molar-refractivity contribution < 1.29 is 23.8 Å². The Balaban J connectivity index is 3.17. The average Bonchev–Trinajstić information content (AvgIpc) is 2.37. The maximum absolute atomic E-state index is 10.8. The van der Waals surface area contributed by atoms with Gasteiger partial charge in [0, 0.05) is 0 Å². The molecular formula is C18H40O5Si2. The minimum atomic E-state index is -2.16. The van der Waals surface area contributed by atoms with Crippen molar-refractivity contribution in [3.8, 4) is 0 Å². The molecule has 5 nitrogen and oxygen atoms in total. The van der Waals surface area contributed by atoms with E-state index in [2.05, 4.69) is 67.7 Å². The van der Waals surface area contributed by atoms with Crippen molar-refractivity contribution >= 4 is 16.6 Å². The van der Waals surface area contributed by atoms with Crippen LogP contribution in [0.5, 0.6) is 0 Å². The molecule has 0 radical (unpaired) electrons. The van der Waals surface area contributed by atoms with Gasteiger partial charge in [0.25, 0.3) is 0 Å². The lowest BCUT2D eigenvalue weighted by molar-refractivity contribution is -0.270. The number of aliphatic hydroxyl groups is 2. The van der Waals surface area contributed by atoms with Crippen LogP contribution in [0.15, 0.2) is 0 Å². The van der Waals surface area contributed by atoms with Crippen LogP contribution in [0.3, 0.4) is 0 Å². The van der Waals surface area contributed by atoms with E-state index >= 15 is 0 Å². The first kappa shape index (κ1) is 23.3. The topological polar surface area (TPSA) is 68.2 Å². The van der Waals surface area contributed by atoms with Gasteiger partial charge in [0.15, 0.2) is 22.9 Å². The minimum absolute atomic E-state index is 0.000732. The largest absolute Gasteiger partial charge is 0.408 e. The number of hydrogen-bond acceptors (Lipinski definition) is 5. The molecule has 0 aromatic heterocycles. The second kappa shape index (κ2) is 7.33. The molecule has 5 atom stereocenters. The normalized spacial score (nSPS) is 32.8. The SMILES string of the molecule is CC1O[C@H](O)C(O[Si](C)(C)C(C)(C)C)[C@@H](O[Si](C)(C)C(C)(C)C)[C@@H]1O. The predicted octanol–water partition coefficient (Wildman–Crippen LogP) is 3.87. The zero-order chi connectivity index (χ0) is 20.0. The second-order valence-electron chi connectivity index (χ2n) is 10.4. The molecule has 2 N–H and O–H groups in total. The maximum Gasteiger partial charge on any atom is 0.192 e. The summed E-state index contributed by atoms with van der Waals surface area (Å²) in [4.78, 5) is 0. The first-order chi connectivity index (χ1) is 10.9. The summed E-state index contributed by atoms with van der Waals surface area (Å²) in [6, 6.07) is 0. The Kier molecular flexibility index (Phi) is 6.83. The van der Waals surface area contributed by atoms with Crippen molar-refractivity contribution in [2.75, 3.05) is 0 Å². The molecule has 0 saturated carbocycles. The van der Waals surface area contributed by atoms with E-state index in [9.17, 15) is 10.2 Å². The smallest absolute Gasteiger partial charge is 0.192 e. The summed E-state index contributed by atoms with van der Waals surface area (Å²) in [7, 11) is -4.31. The second-order valence-corrected chi connectivity index (χ2v) is 19.9. The van der Waals surface area contributed by atoms with Crippen molar-refractivity contribution in [2.45, 2.75) is 115 Å². The quantitative estimate of drug-likeness (QED) is 0.711. The van der Waals surface area contributed by atoms with Crippen LogP contribution in [-0.4, -0.2) is 57.6 Å². The highest BCUT2D eigenvalue weighted by molar-refractivity contribution is 6.74. The Morgan fingerprint density at radius 3 is 1.48 bits per heavy atom. The number of rotatable bonds is 4. The van der Waals surface area contributed by atoms with Gasteiger partial charge in [-0.3, -0.25) is 0 Å². The summed E-state index contributed by atoms with van der Waals surface area (Å²) in [5.74, 6) is 0. The predicted molar refractivity (Wildman–Crippen MR) is 107 cm³/mol. The number of ether oxygens (including phenoxy) is 1. The molecule has 150 valence electrons. The Bertz CT molecular complexity index is 453. The van der Waals surface area contributed by atoms with E-state index in [-0.39, 0.29) is 10.1 Å². The van der Waals surface area contributed by atoms with Gasteiger partial charge in [-0.15, -0.1) is 0 Å². The number of hydrogen-bond donors (Lipinski definition) is 2. The van der Waals surface area contributed by atoms with Crippen molar-refractivity contribution in [1.82, 2.24) is 0 Å². The first-order valence-electron chi connectivity index (χ1n) is 9.28. The molecule has 1 heterocycles. The third-order valence-corrected chi connectivity index (χ3v) is 15.2. The molecule has 0 bridgehead atoms. The third-order valence-electron chi connectivity index (χ3n) is 6.25. The molecule has 1 aliphatic rings. The van der Waals surface area contributed by atoms with E-state index in [4.69, 9.17) is 13.6 Å². The lowest BCUT2D eigenvalue weighted by Gasteiger charge is -2.50. The fourth-order valence-corrected chi connectivity index (χ4v) is 4.89. The maximum atomic E-state index is 10.8. The van der Waals surface area contributed by atoms with Crippen LogP contribution < -0.4 is 0 Å². The van der Waals surface area contributed by atoms with Gasteiger partial charge < -0.3 is 23.8 Å². The highest BCUT2D eigenvalue weighted by Gasteiger charge is 2.52. The van der Waals surface area contributed by atoms with Crippen molar-refractivity contribution in [1.29, 1.82) is 0 Å². The van der Waals surface area contributed by atoms with Crippen LogP contribution >= 0.6 is 0 Å². The van der Waals surface area contributed by atoms with Crippen LogP contribution in [0.25, 0.3) is 0 Å². The molecule has 0 aliphatic carbocycles. The number of aliphatic hydroxyl groups excluding tert-OH is 2. The van der Waals surface area contributed by atoms with Gasteiger partial charge in [-0.1, -0.05) is 41.5 Å². The van der Waals surface area contributed by atoms with Crippen molar-refractivity contribution in [3.05, 3.63) is 0 Å². The van der Waals surface area contributed by atoms with E-state index in [1.54, 1.807) is 6.92 Å². The monoisotopic (exact) mass is 392 g/mol. The highest BCUT2D eigenvalue weighted by Crippen LogP contribution is 2.42. The Morgan fingerprint density at radius 1 is 0.760 bits per heavy atom. The average molecular weight is 393 g/mol. The molecule has 7 heteroatoms. The van der Waals surface area contributed by atoms with Gasteiger partial charge in [-0.25, -0.2) is 0 Å². The fourth-order valence-electron chi connectivity index (χ4n) is 2.30. The highest BCUT2D eigenvalue weighted by atomic mass is 28.4. The molecule has 0 amide bonds. The van der Waals surface area contributed by atoms with Crippen LogP contribution in [0.1, 0.15) is 48.5 Å². The Labute approximate surface area is 156 Å². The zero-order valence-electron chi connectivity index (χ0n) is 18.0. The van der Waals surface area contributed by atoms with Gasteiger partial charge in [0.1, 0.15) is 18.3 Å². The van der Waals surface area contributed by atoms with E-state index in [0.717, 1.165) is 0 Å². The standard InChI is InChI=1S/C18H40O5Si2/c1-12-13(19)14(22-24(8,9)17(2,3)4)15(16(20)21-12)23-25(10,11)18(5,6)7/h12-16,19-20H,1-11H3/t12?,13-,14+,15?,16+/m1/s1. The van der Waals surface area contributed by atoms with Gasteiger partial charge in [-0.2, -0.15) is 0 Å². The molecule has 2 unspecified atom stereocenters. The first-order valence-corrected chi connectivity index (χ1v) is 15.1. The van der Waals surface area contributed by atoms with Crippen LogP contribution in [0, 0.1) is 0 Å². The fraction of sp³-hybridized carbons (Fsp3) is 1.00. The van der Waals surface area contributed by atoms with E-state index < -0.39 is 47.3 Å². The third kappa shape index (κ3) is 5.15. The molecule has 0 spiro atoms. The summed E-state index contributed by atoms with van der Waals surface area (Å²) in [5, 5.41) is 21.3. The molecule has 1 saturated heterocycles. The van der Waals surface area contributed by atoms with Crippen LogP contribution in [0.4, 0.5) is 0 Å². The molecular weight excluding hydrogens is 352 g/mol. The summed E-state index contributed by atoms with van der Waals surface area (Å²) in [5.41, 5.74) is 0. The summed E-state index contributed by atoms with van der Waals surface area (Å²) >= 11 is 0. The van der Waals surface area contributed by atoms with E-state index in [1.807, 2.05) is 0 Å². The zero-order valence-corrected chi connectivity index (χ0v) is 20.0. The molecule has 0 aromatic rings. The molecule has 1 rings (SSSR count). The molecule has 0 aromatic carbocycles. The summed E-state index contributed by atoms with van der Waals surface area (Å²) in [6.07, 6.45) is -3.69. The molecule has 25 heavy (non-hydrogen) atoms. The van der Waals surface area contributed by atoms with Gasteiger partial charge >= 0.3 is 0 Å². The van der Waals surface area contributed by atoms with E-state index in [1.165, 1.54) is 0 Å². The molecule has 1 aliphatic heterocycles. The summed E-state index contributed by atoms with van der Waals surface area (Å²) in [6.45, 7) is 23.3.